The van der Waals surface area contributed by atoms with Crippen LogP contribution in [0.1, 0.15) is 57.4 Å². The van der Waals surface area contributed by atoms with Crippen LogP contribution in [0.3, 0.4) is 0 Å². The number of benzene rings is 2. The Morgan fingerprint density at radius 3 is 2.22 bits per heavy atom. The minimum Gasteiger partial charge on any atom is -0.508 e. The van der Waals surface area contributed by atoms with Gasteiger partial charge < -0.3 is 25.6 Å². The molecule has 0 aliphatic rings. The SMILES string of the molecule is C#CN(C(=O)C(Cc1ccc(O)cc1)NC(=O)OC(C)(C)C)C(C(=O)NC(C)C)c1cccc(C)c1O. The number of phenols is 2. The molecule has 2 aromatic carbocycles. The van der Waals surface area contributed by atoms with Gasteiger partial charge in [-0.25, -0.2) is 4.79 Å². The molecule has 9 nitrogen and oxygen atoms in total. The normalized spacial score (nSPS) is 12.7. The molecule has 2 rings (SSSR count). The van der Waals surface area contributed by atoms with Gasteiger partial charge in [-0.3, -0.25) is 14.5 Å². The molecule has 0 radical (unpaired) electrons. The molecule has 2 unspecified atom stereocenters. The predicted molar refractivity (Wildman–Crippen MR) is 140 cm³/mol. The summed E-state index contributed by atoms with van der Waals surface area (Å²) in [6.07, 6.45) is 4.92. The third-order valence-corrected chi connectivity index (χ3v) is 5.24. The monoisotopic (exact) mass is 509 g/mol. The number of nitrogens with one attached hydrogen (secondary N) is 2. The lowest BCUT2D eigenvalue weighted by Gasteiger charge is -2.31. The van der Waals surface area contributed by atoms with Crippen molar-refractivity contribution >= 4 is 17.9 Å². The Kier molecular flexibility index (Phi) is 9.55. The number of carbonyl (C=O) groups is 3. The minimum atomic E-state index is -1.37. The lowest BCUT2D eigenvalue weighted by atomic mass is 9.98. The smallest absolute Gasteiger partial charge is 0.408 e. The van der Waals surface area contributed by atoms with E-state index in [-0.39, 0.29) is 29.5 Å². The van der Waals surface area contributed by atoms with Crippen LogP contribution in [0.25, 0.3) is 0 Å². The van der Waals surface area contributed by atoms with E-state index in [0.29, 0.717) is 11.1 Å². The number of amides is 3. The second-order valence-electron chi connectivity index (χ2n) is 9.99. The first-order chi connectivity index (χ1) is 17.2. The van der Waals surface area contributed by atoms with Gasteiger partial charge in [0.15, 0.2) is 6.04 Å². The van der Waals surface area contributed by atoms with Gasteiger partial charge in [0.05, 0.1) is 0 Å². The summed E-state index contributed by atoms with van der Waals surface area (Å²) in [5.41, 5.74) is 0.433. The Hall–Kier alpha value is -4.19. The molecule has 0 fully saturated rings. The maximum absolute atomic E-state index is 13.9. The molecule has 0 bridgehead atoms. The zero-order valence-electron chi connectivity index (χ0n) is 22.0. The van der Waals surface area contributed by atoms with Gasteiger partial charge in [0, 0.05) is 24.1 Å². The summed E-state index contributed by atoms with van der Waals surface area (Å²) in [6.45, 7) is 10.2. The topological polar surface area (TPSA) is 128 Å². The van der Waals surface area contributed by atoms with Gasteiger partial charge in [0.1, 0.15) is 23.1 Å². The number of hydrogen-bond donors (Lipinski definition) is 4. The average Bonchev–Trinajstić information content (AvgIpc) is 2.78. The van der Waals surface area contributed by atoms with E-state index in [1.807, 2.05) is 0 Å². The summed E-state index contributed by atoms with van der Waals surface area (Å²) < 4.78 is 5.34. The Morgan fingerprint density at radius 1 is 1.05 bits per heavy atom. The second kappa shape index (κ2) is 12.2. The molecule has 0 saturated carbocycles. The van der Waals surface area contributed by atoms with Crippen molar-refractivity contribution in [2.45, 2.75) is 71.7 Å². The number of aromatic hydroxyl groups is 2. The van der Waals surface area contributed by atoms with E-state index in [1.165, 1.54) is 18.2 Å². The highest BCUT2D eigenvalue weighted by Crippen LogP contribution is 2.32. The van der Waals surface area contributed by atoms with Crippen molar-refractivity contribution in [2.75, 3.05) is 0 Å². The molecule has 0 aliphatic carbocycles. The average molecular weight is 510 g/mol. The standard InChI is InChI=1S/C28H35N3O6/c1-8-31(23(25(34)29-17(2)3)21-11-9-10-18(4)24(21)33)26(35)22(30-27(36)37-28(5,6)7)16-19-12-14-20(32)15-13-19/h1,9-15,17,22-23,32-33H,16H2,2-7H3,(H,29,34)(H,30,36). The van der Waals surface area contributed by atoms with Crippen molar-refractivity contribution in [3.8, 4) is 24.0 Å². The first kappa shape index (κ1) is 29.0. The lowest BCUT2D eigenvalue weighted by Crippen LogP contribution is -2.52. The van der Waals surface area contributed by atoms with Crippen LogP contribution in [0.15, 0.2) is 42.5 Å². The van der Waals surface area contributed by atoms with Crippen molar-refractivity contribution in [2.24, 2.45) is 0 Å². The highest BCUT2D eigenvalue weighted by atomic mass is 16.6. The number of hydrogen-bond acceptors (Lipinski definition) is 6. The Bertz CT molecular complexity index is 1160. The molecule has 198 valence electrons. The molecular formula is C28H35N3O6. The fourth-order valence-corrected chi connectivity index (χ4v) is 3.61. The Labute approximate surface area is 217 Å². The number of alkyl carbamates (subject to hydrolysis) is 1. The van der Waals surface area contributed by atoms with E-state index in [1.54, 1.807) is 65.8 Å². The number of ether oxygens (including phenoxy) is 1. The van der Waals surface area contributed by atoms with Crippen LogP contribution in [-0.2, 0) is 20.7 Å². The quantitative estimate of drug-likeness (QED) is 0.318. The van der Waals surface area contributed by atoms with Crippen molar-refractivity contribution in [3.63, 3.8) is 0 Å². The molecule has 0 aromatic heterocycles. The third-order valence-electron chi connectivity index (χ3n) is 5.24. The molecule has 0 heterocycles. The van der Waals surface area contributed by atoms with Crippen LogP contribution < -0.4 is 10.6 Å². The number of phenolic OH excluding ortho intramolecular Hbond substituents is 2. The highest BCUT2D eigenvalue weighted by molar-refractivity contribution is 5.94. The summed E-state index contributed by atoms with van der Waals surface area (Å²) in [5, 5.41) is 25.7. The fourth-order valence-electron chi connectivity index (χ4n) is 3.61. The van der Waals surface area contributed by atoms with E-state index < -0.39 is 35.6 Å². The maximum Gasteiger partial charge on any atom is 0.408 e. The molecule has 3 amide bonds. The summed E-state index contributed by atoms with van der Waals surface area (Å²) in [7, 11) is 0. The van der Waals surface area contributed by atoms with Crippen molar-refractivity contribution in [1.82, 2.24) is 15.5 Å². The van der Waals surface area contributed by atoms with E-state index in [2.05, 4.69) is 16.7 Å². The van der Waals surface area contributed by atoms with Crippen molar-refractivity contribution in [3.05, 3.63) is 59.2 Å². The van der Waals surface area contributed by atoms with Crippen LogP contribution in [-0.4, -0.2) is 50.7 Å². The van der Waals surface area contributed by atoms with Gasteiger partial charge >= 0.3 is 6.09 Å². The minimum absolute atomic E-state index is 0.00510. The van der Waals surface area contributed by atoms with E-state index in [9.17, 15) is 24.6 Å². The molecule has 0 aliphatic heterocycles. The van der Waals surface area contributed by atoms with Crippen LogP contribution in [0.2, 0.25) is 0 Å². The number of para-hydroxylation sites is 1. The van der Waals surface area contributed by atoms with Crippen LogP contribution in [0.4, 0.5) is 4.79 Å². The maximum atomic E-state index is 13.9. The van der Waals surface area contributed by atoms with Gasteiger partial charge in [-0.2, -0.15) is 0 Å². The van der Waals surface area contributed by atoms with Crippen LogP contribution in [0.5, 0.6) is 11.5 Å². The Balaban J connectivity index is 2.54. The van der Waals surface area contributed by atoms with Crippen molar-refractivity contribution < 1.29 is 29.3 Å². The molecule has 2 atom stereocenters. The largest absolute Gasteiger partial charge is 0.508 e. The number of nitrogens with zero attached hydrogens (tertiary/aromatic N) is 1. The number of terminal acetylenes is 1. The van der Waals surface area contributed by atoms with E-state index in [4.69, 9.17) is 11.2 Å². The Morgan fingerprint density at radius 2 is 1.68 bits per heavy atom. The van der Waals surface area contributed by atoms with E-state index in [0.717, 1.165) is 4.90 Å². The molecule has 0 spiro atoms. The second-order valence-corrected chi connectivity index (χ2v) is 9.99. The van der Waals surface area contributed by atoms with Gasteiger partial charge in [-0.15, -0.1) is 0 Å². The van der Waals surface area contributed by atoms with Crippen LogP contribution >= 0.6 is 0 Å². The first-order valence-corrected chi connectivity index (χ1v) is 11.9. The van der Waals surface area contributed by atoms with Gasteiger partial charge in [0.2, 0.25) is 5.91 Å². The van der Waals surface area contributed by atoms with Crippen LogP contribution in [0, 0.1) is 19.4 Å². The fraction of sp³-hybridized carbons (Fsp3) is 0.393. The zero-order chi connectivity index (χ0) is 27.9. The molecule has 37 heavy (non-hydrogen) atoms. The molecule has 0 saturated heterocycles. The van der Waals surface area contributed by atoms with Gasteiger partial charge in [0.25, 0.3) is 5.91 Å². The zero-order valence-corrected chi connectivity index (χ0v) is 22.0. The van der Waals surface area contributed by atoms with E-state index >= 15 is 0 Å². The third kappa shape index (κ3) is 8.17. The number of rotatable bonds is 8. The van der Waals surface area contributed by atoms with Gasteiger partial charge in [-0.05, 0) is 64.8 Å². The summed E-state index contributed by atoms with van der Waals surface area (Å²) in [5.74, 6) is -1.49. The summed E-state index contributed by atoms with van der Waals surface area (Å²) in [6, 6.07) is 10.3. The molecule has 9 heteroatoms. The predicted octanol–water partition coefficient (Wildman–Crippen LogP) is 3.53. The lowest BCUT2D eigenvalue weighted by molar-refractivity contribution is -0.138. The molecule has 2 aromatic rings. The first-order valence-electron chi connectivity index (χ1n) is 11.9. The van der Waals surface area contributed by atoms with Gasteiger partial charge in [-0.1, -0.05) is 36.8 Å². The molecular weight excluding hydrogens is 474 g/mol. The van der Waals surface area contributed by atoms with Crippen molar-refractivity contribution in [1.29, 1.82) is 0 Å². The number of aryl methyl sites for hydroxylation is 1. The summed E-state index contributed by atoms with van der Waals surface area (Å²) >= 11 is 0. The summed E-state index contributed by atoms with van der Waals surface area (Å²) in [4.78, 5) is 40.7. The molecule has 4 N–H and O–H groups in total. The highest BCUT2D eigenvalue weighted by Gasteiger charge is 2.37. The number of carbonyl (C=O) groups excluding carboxylic acids is 3.